The first-order chi connectivity index (χ1) is 21.1. The molecule has 5 aliphatic rings. The van der Waals surface area contributed by atoms with Gasteiger partial charge in [0.2, 0.25) is 0 Å². The average molecular weight is 615 g/mol. The monoisotopic (exact) mass is 614 g/mol. The summed E-state index contributed by atoms with van der Waals surface area (Å²) in [5.41, 5.74) is 1.99. The highest BCUT2D eigenvalue weighted by Crippen LogP contribution is 2.68. The Morgan fingerprint density at radius 3 is 2.29 bits per heavy atom. The normalized spacial score (nSPS) is 35.0. The molecular formula is C39H54N2O4. The molecule has 6 rings (SSSR count). The van der Waals surface area contributed by atoms with E-state index in [-0.39, 0.29) is 16.9 Å². The van der Waals surface area contributed by atoms with Gasteiger partial charge >= 0.3 is 6.09 Å². The molecule has 1 amide bonds. The number of piperazine rings is 1. The van der Waals surface area contributed by atoms with Gasteiger partial charge in [-0.3, -0.25) is 4.79 Å². The zero-order valence-electron chi connectivity index (χ0n) is 28.6. The van der Waals surface area contributed by atoms with Gasteiger partial charge < -0.3 is 19.6 Å². The lowest BCUT2D eigenvalue weighted by Crippen LogP contribution is -2.54. The summed E-state index contributed by atoms with van der Waals surface area (Å²) in [6.45, 7) is 17.3. The van der Waals surface area contributed by atoms with Crippen molar-refractivity contribution in [1.82, 2.24) is 4.90 Å². The molecular weight excluding hydrogens is 560 g/mol. The number of rotatable bonds is 2. The number of ketones is 1. The molecule has 1 aliphatic heterocycles. The van der Waals surface area contributed by atoms with Gasteiger partial charge in [-0.2, -0.15) is 0 Å². The largest absolute Gasteiger partial charge is 0.444 e. The van der Waals surface area contributed by atoms with Gasteiger partial charge in [0.15, 0.2) is 5.78 Å². The summed E-state index contributed by atoms with van der Waals surface area (Å²) in [7, 11) is 0. The maximum Gasteiger partial charge on any atom is 0.410 e. The molecule has 7 atom stereocenters. The Kier molecular flexibility index (Phi) is 8.21. The smallest absolute Gasteiger partial charge is 0.410 e. The zero-order valence-corrected chi connectivity index (χ0v) is 28.6. The number of hydrogen-bond donors (Lipinski definition) is 1. The first kappa shape index (κ1) is 32.2. The van der Waals surface area contributed by atoms with Crippen LogP contribution in [-0.2, 0) is 9.53 Å². The van der Waals surface area contributed by atoms with Crippen molar-refractivity contribution in [3.8, 4) is 11.8 Å². The molecule has 6 heteroatoms. The second-order valence-electron chi connectivity index (χ2n) is 16.9. The minimum absolute atomic E-state index is 0.159. The van der Waals surface area contributed by atoms with Crippen molar-refractivity contribution in [2.75, 3.05) is 31.1 Å². The van der Waals surface area contributed by atoms with Gasteiger partial charge in [0.1, 0.15) is 11.2 Å². The van der Waals surface area contributed by atoms with E-state index >= 15 is 0 Å². The number of benzene rings is 1. The highest BCUT2D eigenvalue weighted by Gasteiger charge is 2.64. The van der Waals surface area contributed by atoms with Gasteiger partial charge in [-0.15, -0.1) is 0 Å². The fraction of sp³-hybridized carbons (Fsp3) is 0.692. The lowest BCUT2D eigenvalue weighted by molar-refractivity contribution is -0.117. The number of carbonyl (C=O) groups is 2. The van der Waals surface area contributed by atoms with Crippen LogP contribution in [0.15, 0.2) is 35.9 Å². The van der Waals surface area contributed by atoms with Crippen LogP contribution in [0.1, 0.15) is 105 Å². The summed E-state index contributed by atoms with van der Waals surface area (Å²) in [6.07, 6.45) is 8.15. The van der Waals surface area contributed by atoms with E-state index in [1.165, 1.54) is 16.8 Å². The minimum atomic E-state index is -0.986. The lowest BCUT2D eigenvalue weighted by Gasteiger charge is -2.58. The zero-order chi connectivity index (χ0) is 32.4. The van der Waals surface area contributed by atoms with Crippen LogP contribution >= 0.6 is 0 Å². The Hall–Kier alpha value is -2.78. The van der Waals surface area contributed by atoms with Crippen molar-refractivity contribution in [3.63, 3.8) is 0 Å². The Balaban J connectivity index is 1.27. The maximum absolute atomic E-state index is 12.6. The van der Waals surface area contributed by atoms with Gasteiger partial charge in [-0.25, -0.2) is 4.79 Å². The summed E-state index contributed by atoms with van der Waals surface area (Å²) in [6, 6.07) is 9.15. The number of aliphatic hydroxyl groups is 1. The molecule has 1 aromatic rings. The van der Waals surface area contributed by atoms with Crippen molar-refractivity contribution < 1.29 is 19.4 Å². The first-order valence-corrected chi connectivity index (χ1v) is 17.4. The Morgan fingerprint density at radius 1 is 0.956 bits per heavy atom. The third kappa shape index (κ3) is 6.19. The van der Waals surface area contributed by atoms with E-state index in [1.54, 1.807) is 0 Å². The second-order valence-corrected chi connectivity index (χ2v) is 16.9. The number of nitrogens with zero attached hydrogens (tertiary/aromatic N) is 2. The molecule has 0 spiro atoms. The van der Waals surface area contributed by atoms with Crippen LogP contribution in [0.4, 0.5) is 10.5 Å². The molecule has 1 N–H and O–H groups in total. The van der Waals surface area contributed by atoms with Crippen molar-refractivity contribution in [3.05, 3.63) is 41.5 Å². The molecule has 4 fully saturated rings. The highest BCUT2D eigenvalue weighted by atomic mass is 16.6. The van der Waals surface area contributed by atoms with Gasteiger partial charge in [0.05, 0.1) is 0 Å². The van der Waals surface area contributed by atoms with Gasteiger partial charge in [0.25, 0.3) is 0 Å². The lowest BCUT2D eigenvalue weighted by atomic mass is 9.46. The number of allylic oxidation sites excluding steroid dienone is 1. The molecule has 1 saturated heterocycles. The summed E-state index contributed by atoms with van der Waals surface area (Å²) in [5.74, 6) is 9.36. The van der Waals surface area contributed by atoms with Crippen LogP contribution in [0.25, 0.3) is 0 Å². The maximum atomic E-state index is 12.6. The van der Waals surface area contributed by atoms with E-state index in [1.807, 2.05) is 31.7 Å². The van der Waals surface area contributed by atoms with E-state index < -0.39 is 11.2 Å². The average Bonchev–Trinajstić information content (AvgIpc) is 3.24. The molecule has 0 aromatic heterocycles. The molecule has 244 valence electrons. The molecule has 1 aromatic carbocycles. The van der Waals surface area contributed by atoms with Crippen LogP contribution < -0.4 is 4.90 Å². The number of amides is 1. The molecule has 45 heavy (non-hydrogen) atoms. The quantitative estimate of drug-likeness (QED) is 0.353. The fourth-order valence-electron chi connectivity index (χ4n) is 9.56. The summed E-state index contributed by atoms with van der Waals surface area (Å²) in [5, 5.41) is 12.3. The minimum Gasteiger partial charge on any atom is -0.444 e. The van der Waals surface area contributed by atoms with Crippen molar-refractivity contribution in [2.45, 2.75) is 111 Å². The van der Waals surface area contributed by atoms with Crippen LogP contribution in [0.3, 0.4) is 0 Å². The van der Waals surface area contributed by atoms with E-state index in [0.29, 0.717) is 54.9 Å². The van der Waals surface area contributed by atoms with Crippen LogP contribution in [0.2, 0.25) is 0 Å². The standard InChI is InChI=1S/C39H54N2O4/c1-36(2,3)18-19-39(44)17-16-33-31-14-10-27-24-29(42)13-15-30(27)34(31)32(25-38(33,39)7)26-8-11-28(12-9-26)40-20-22-41(23-21-40)35(43)45-37(4,5)6/h8-9,11-12,24,30-34,44H,10,13-17,20-23,25H2,1-7H3/t30-,31-,32+,33?,34?,38-,39+/m0/s1. The number of carbonyl (C=O) groups excluding carboxylic acids is 2. The summed E-state index contributed by atoms with van der Waals surface area (Å²) in [4.78, 5) is 29.2. The second kappa shape index (κ2) is 11.5. The molecule has 2 unspecified atom stereocenters. The van der Waals surface area contributed by atoms with Crippen LogP contribution in [0, 0.1) is 46.3 Å². The predicted molar refractivity (Wildman–Crippen MR) is 179 cm³/mol. The Labute approximate surface area is 271 Å². The highest BCUT2D eigenvalue weighted by molar-refractivity contribution is 5.91. The third-order valence-corrected chi connectivity index (χ3v) is 11.7. The van der Waals surface area contributed by atoms with Gasteiger partial charge in [0, 0.05) is 49.1 Å². The molecule has 4 aliphatic carbocycles. The van der Waals surface area contributed by atoms with Crippen molar-refractivity contribution >= 4 is 17.6 Å². The Bertz CT molecular complexity index is 1400. The van der Waals surface area contributed by atoms with Gasteiger partial charge in [-0.05, 0) is 133 Å². The summed E-state index contributed by atoms with van der Waals surface area (Å²) < 4.78 is 5.59. The summed E-state index contributed by atoms with van der Waals surface area (Å²) >= 11 is 0. The van der Waals surface area contributed by atoms with E-state index in [4.69, 9.17) is 4.74 Å². The van der Waals surface area contributed by atoms with Crippen LogP contribution in [-0.4, -0.2) is 59.3 Å². The van der Waals surface area contributed by atoms with E-state index in [2.05, 4.69) is 68.7 Å². The number of ether oxygens (including phenoxy) is 1. The SMILES string of the molecule is CC(C)(C)C#C[C@]1(O)CCC2[C@@H]3CCC4=CC(=O)CC[C@@H]4C3[C@@H](c3ccc(N4CCN(C(=O)OC(C)(C)C)CC4)cc3)C[C@@]21C. The molecule has 0 radical (unpaired) electrons. The number of hydrogen-bond acceptors (Lipinski definition) is 5. The molecule has 0 bridgehead atoms. The van der Waals surface area contributed by atoms with Crippen molar-refractivity contribution in [1.29, 1.82) is 0 Å². The number of fused-ring (bicyclic) bond motifs is 5. The predicted octanol–water partition coefficient (Wildman–Crippen LogP) is 7.36. The third-order valence-electron chi connectivity index (χ3n) is 11.7. The van der Waals surface area contributed by atoms with E-state index in [0.717, 1.165) is 51.6 Å². The first-order valence-electron chi connectivity index (χ1n) is 17.4. The molecule has 1 heterocycles. The van der Waals surface area contributed by atoms with Crippen molar-refractivity contribution in [2.24, 2.45) is 34.5 Å². The van der Waals surface area contributed by atoms with Gasteiger partial charge in [-0.1, -0.05) is 36.5 Å². The number of anilines is 1. The Morgan fingerprint density at radius 2 is 1.64 bits per heavy atom. The van der Waals surface area contributed by atoms with Crippen LogP contribution in [0.5, 0.6) is 0 Å². The fourth-order valence-corrected chi connectivity index (χ4v) is 9.56. The topological polar surface area (TPSA) is 70.1 Å². The van der Waals surface area contributed by atoms with E-state index in [9.17, 15) is 14.7 Å². The molecule has 6 nitrogen and oxygen atoms in total. The molecule has 3 saturated carbocycles.